The lowest BCUT2D eigenvalue weighted by Crippen LogP contribution is -2.24. The summed E-state index contributed by atoms with van der Waals surface area (Å²) in [5.74, 6) is -1.01. The molecule has 1 N–H and O–H groups in total. The van der Waals surface area contributed by atoms with Crippen LogP contribution < -0.4 is 5.32 Å². The van der Waals surface area contributed by atoms with Crippen molar-refractivity contribution in [2.24, 2.45) is 0 Å². The normalized spacial score (nSPS) is 16.1. The number of cyclic esters (lactones) is 1. The maximum absolute atomic E-state index is 12.7. The second-order valence-electron chi connectivity index (χ2n) is 6.46. The molecule has 0 amide bonds. The highest BCUT2D eigenvalue weighted by Gasteiger charge is 2.29. The summed E-state index contributed by atoms with van der Waals surface area (Å²) in [6.45, 7) is 0.340. The fourth-order valence-electron chi connectivity index (χ4n) is 3.07. The molecule has 0 unspecified atom stereocenters. The third kappa shape index (κ3) is 3.36. The zero-order chi connectivity index (χ0) is 19.8. The van der Waals surface area contributed by atoms with Gasteiger partial charge in [-0.3, -0.25) is 4.79 Å². The monoisotopic (exact) mass is 406 g/mol. The molecule has 0 bridgehead atoms. The molecule has 1 saturated heterocycles. The van der Waals surface area contributed by atoms with Crippen LogP contribution in [0.4, 0.5) is 6.01 Å². The summed E-state index contributed by atoms with van der Waals surface area (Å²) in [7, 11) is 0. The van der Waals surface area contributed by atoms with Crippen molar-refractivity contribution in [3.63, 3.8) is 0 Å². The Morgan fingerprint density at radius 3 is 2.76 bits per heavy atom. The molecule has 1 aliphatic rings. The highest BCUT2D eigenvalue weighted by Crippen LogP contribution is 2.29. The average molecular weight is 406 g/mol. The first-order valence-corrected chi connectivity index (χ1v) is 9.76. The number of nitrogens with zero attached hydrogens (tertiary/aromatic N) is 3. The van der Waals surface area contributed by atoms with Crippen LogP contribution in [0.3, 0.4) is 0 Å². The molecule has 0 spiro atoms. The van der Waals surface area contributed by atoms with Crippen LogP contribution >= 0.6 is 11.3 Å². The quantitative estimate of drug-likeness (QED) is 0.397. The van der Waals surface area contributed by atoms with Gasteiger partial charge in [0.15, 0.2) is 5.01 Å². The summed E-state index contributed by atoms with van der Waals surface area (Å²) in [5, 5.41) is 10.6. The van der Waals surface area contributed by atoms with Gasteiger partial charge in [-0.05, 0) is 23.3 Å². The molecule has 144 valence electrons. The molecular formula is C20H14N4O4S. The number of aromatic nitrogens is 3. The highest BCUT2D eigenvalue weighted by atomic mass is 32.1. The number of fused-ring (bicyclic) bond motifs is 1. The van der Waals surface area contributed by atoms with Crippen LogP contribution in [-0.4, -0.2) is 39.6 Å². The van der Waals surface area contributed by atoms with Crippen molar-refractivity contribution in [1.82, 2.24) is 15.2 Å². The van der Waals surface area contributed by atoms with E-state index in [9.17, 15) is 9.59 Å². The van der Waals surface area contributed by atoms with E-state index in [0.717, 1.165) is 21.3 Å². The number of ketones is 1. The second kappa shape index (κ2) is 7.10. The molecule has 3 heterocycles. The maximum atomic E-state index is 12.7. The van der Waals surface area contributed by atoms with Gasteiger partial charge in [-0.15, -0.1) is 16.4 Å². The molecule has 4 aromatic rings. The molecule has 29 heavy (non-hydrogen) atoms. The van der Waals surface area contributed by atoms with Crippen LogP contribution in [0.15, 0.2) is 52.9 Å². The number of thiazole rings is 1. The van der Waals surface area contributed by atoms with Crippen molar-refractivity contribution in [3.05, 3.63) is 59.4 Å². The minimum Gasteiger partial charge on any atom is -0.464 e. The van der Waals surface area contributed by atoms with Gasteiger partial charge in [0.05, 0.1) is 16.8 Å². The van der Waals surface area contributed by atoms with Gasteiger partial charge in [-0.1, -0.05) is 41.5 Å². The van der Waals surface area contributed by atoms with E-state index in [2.05, 4.69) is 20.5 Å². The van der Waals surface area contributed by atoms with Gasteiger partial charge in [-0.25, -0.2) is 9.78 Å². The van der Waals surface area contributed by atoms with Crippen LogP contribution in [-0.2, 0) is 9.53 Å². The number of hydrogen-bond acceptors (Lipinski definition) is 9. The Labute approximate surface area is 168 Å². The Morgan fingerprint density at radius 2 is 1.97 bits per heavy atom. The molecule has 1 fully saturated rings. The van der Waals surface area contributed by atoms with E-state index in [1.165, 1.54) is 11.3 Å². The summed E-state index contributed by atoms with van der Waals surface area (Å²) < 4.78 is 11.1. The van der Waals surface area contributed by atoms with Crippen LogP contribution in [0.5, 0.6) is 0 Å². The highest BCUT2D eigenvalue weighted by molar-refractivity contribution is 7.20. The van der Waals surface area contributed by atoms with E-state index >= 15 is 0 Å². The first-order chi connectivity index (χ1) is 14.2. The average Bonchev–Trinajstić information content (AvgIpc) is 3.48. The molecule has 0 aliphatic carbocycles. The van der Waals surface area contributed by atoms with E-state index in [-0.39, 0.29) is 22.9 Å². The van der Waals surface area contributed by atoms with Crippen molar-refractivity contribution in [2.45, 2.75) is 12.5 Å². The third-order valence-electron chi connectivity index (χ3n) is 4.54. The predicted octanol–water partition coefficient (Wildman–Crippen LogP) is 3.30. The summed E-state index contributed by atoms with van der Waals surface area (Å²) in [5.41, 5.74) is 2.87. The summed E-state index contributed by atoms with van der Waals surface area (Å²) >= 11 is 1.27. The third-order valence-corrected chi connectivity index (χ3v) is 5.56. The number of ether oxygens (including phenoxy) is 1. The molecule has 0 saturated carbocycles. The Morgan fingerprint density at radius 1 is 1.10 bits per heavy atom. The second-order valence-corrected chi connectivity index (χ2v) is 7.49. The summed E-state index contributed by atoms with van der Waals surface area (Å²) in [6.07, 6.45) is 0.506. The lowest BCUT2D eigenvalue weighted by molar-refractivity contribution is -0.138. The Hall–Kier alpha value is -3.59. The van der Waals surface area contributed by atoms with Crippen molar-refractivity contribution in [1.29, 1.82) is 0 Å². The van der Waals surface area contributed by atoms with Crippen molar-refractivity contribution in [2.75, 3.05) is 11.9 Å². The van der Waals surface area contributed by atoms with Crippen LogP contribution in [0.2, 0.25) is 0 Å². The van der Waals surface area contributed by atoms with Crippen LogP contribution in [0.1, 0.15) is 22.1 Å². The Kier molecular flexibility index (Phi) is 4.28. The lowest BCUT2D eigenvalue weighted by atomic mass is 10.1. The van der Waals surface area contributed by atoms with Gasteiger partial charge in [0.2, 0.25) is 0 Å². The zero-order valence-corrected chi connectivity index (χ0v) is 15.8. The van der Waals surface area contributed by atoms with Gasteiger partial charge in [-0.2, -0.15) is 0 Å². The molecule has 0 radical (unpaired) electrons. The van der Waals surface area contributed by atoms with Crippen molar-refractivity contribution >= 4 is 39.3 Å². The predicted molar refractivity (Wildman–Crippen MR) is 106 cm³/mol. The van der Waals surface area contributed by atoms with Crippen LogP contribution in [0.25, 0.3) is 21.3 Å². The fourth-order valence-corrected chi connectivity index (χ4v) is 4.01. The van der Waals surface area contributed by atoms with Gasteiger partial charge in [0.1, 0.15) is 6.04 Å². The maximum Gasteiger partial charge on any atom is 0.328 e. The number of carbonyl (C=O) groups is 2. The van der Waals surface area contributed by atoms with Gasteiger partial charge in [0, 0.05) is 6.42 Å². The fraction of sp³-hybridized carbons (Fsp3) is 0.150. The van der Waals surface area contributed by atoms with E-state index in [0.29, 0.717) is 13.0 Å². The molecule has 2 aromatic carbocycles. The number of rotatable bonds is 5. The first kappa shape index (κ1) is 17.5. The Balaban J connectivity index is 1.39. The van der Waals surface area contributed by atoms with Crippen LogP contribution in [0, 0.1) is 0 Å². The molecule has 8 nitrogen and oxygen atoms in total. The van der Waals surface area contributed by atoms with E-state index < -0.39 is 11.8 Å². The number of carbonyl (C=O) groups excluding carboxylic acids is 2. The summed E-state index contributed by atoms with van der Waals surface area (Å²) in [4.78, 5) is 28.6. The van der Waals surface area contributed by atoms with Crippen molar-refractivity contribution in [3.8, 4) is 11.1 Å². The van der Waals surface area contributed by atoms with Gasteiger partial charge >= 0.3 is 12.0 Å². The topological polar surface area (TPSA) is 107 Å². The molecule has 1 atom stereocenters. The summed E-state index contributed by atoms with van der Waals surface area (Å²) in [6, 6.07) is 15.3. The molecule has 1 aliphatic heterocycles. The smallest absolute Gasteiger partial charge is 0.328 e. The minimum absolute atomic E-state index is 0.00433. The standard InChI is InChI=1S/C20H14N4O4S/c25-16(17-23-24-20(28-17)22-14-8-9-27-19(14)26)18-21-13-7-6-12(10-15(13)29-18)11-4-2-1-3-5-11/h1-7,10,14H,8-9H2,(H,22,24)/t14-/m0/s1. The molecular weight excluding hydrogens is 392 g/mol. The lowest BCUT2D eigenvalue weighted by Gasteiger charge is -2.03. The SMILES string of the molecule is O=C(c1nnc(N[C@H]2CCOC2=O)o1)c1nc2ccc(-c3ccccc3)cc2s1. The number of nitrogens with one attached hydrogen (secondary N) is 1. The number of hydrogen-bond donors (Lipinski definition) is 1. The largest absolute Gasteiger partial charge is 0.464 e. The minimum atomic E-state index is -0.544. The van der Waals surface area contributed by atoms with Gasteiger partial charge < -0.3 is 14.5 Å². The molecule has 9 heteroatoms. The number of esters is 1. The number of benzene rings is 2. The zero-order valence-electron chi connectivity index (χ0n) is 15.0. The molecule has 5 rings (SSSR count). The first-order valence-electron chi connectivity index (χ1n) is 8.95. The van der Waals surface area contributed by atoms with E-state index in [4.69, 9.17) is 9.15 Å². The van der Waals surface area contributed by atoms with E-state index in [1.807, 2.05) is 48.5 Å². The van der Waals surface area contributed by atoms with E-state index in [1.54, 1.807) is 0 Å². The number of anilines is 1. The van der Waals surface area contributed by atoms with Crippen molar-refractivity contribution < 1.29 is 18.7 Å². The van der Waals surface area contributed by atoms with Gasteiger partial charge in [0.25, 0.3) is 11.7 Å². The Bertz CT molecular complexity index is 1220. The molecule has 2 aromatic heterocycles.